The van der Waals surface area contributed by atoms with Crippen LogP contribution < -0.4 is 5.32 Å². The Bertz CT molecular complexity index is 375. The predicted octanol–water partition coefficient (Wildman–Crippen LogP) is 0.514. The van der Waals surface area contributed by atoms with Crippen molar-refractivity contribution in [3.05, 3.63) is 16.1 Å². The van der Waals surface area contributed by atoms with Gasteiger partial charge in [-0.15, -0.1) is 11.3 Å². The van der Waals surface area contributed by atoms with Gasteiger partial charge in [-0.2, -0.15) is 0 Å². The van der Waals surface area contributed by atoms with E-state index in [1.165, 1.54) is 11.3 Å². The molecule has 1 fully saturated rings. The molecule has 2 rings (SSSR count). The molecule has 1 aromatic heterocycles. The fourth-order valence-electron chi connectivity index (χ4n) is 1.69. The number of ether oxygens (including phenoxy) is 1. The fourth-order valence-corrected chi connectivity index (χ4v) is 2.40. The summed E-state index contributed by atoms with van der Waals surface area (Å²) >= 11 is 1.39. The minimum atomic E-state index is -0.0728. The van der Waals surface area contributed by atoms with Gasteiger partial charge in [0.1, 0.15) is 0 Å². The van der Waals surface area contributed by atoms with Crippen molar-refractivity contribution < 1.29 is 9.53 Å². The summed E-state index contributed by atoms with van der Waals surface area (Å²) in [4.78, 5) is 18.1. The molecule has 17 heavy (non-hydrogen) atoms. The molecule has 0 aliphatic carbocycles. The van der Waals surface area contributed by atoms with Crippen LogP contribution in [-0.4, -0.2) is 55.2 Å². The number of carbonyl (C=O) groups excluding carboxylic acids is 1. The Morgan fingerprint density at radius 1 is 1.59 bits per heavy atom. The van der Waals surface area contributed by atoms with Crippen LogP contribution in [0.15, 0.2) is 5.38 Å². The lowest BCUT2D eigenvalue weighted by Gasteiger charge is -2.26. The smallest absolute Gasteiger partial charge is 0.280 e. The summed E-state index contributed by atoms with van der Waals surface area (Å²) in [6, 6.07) is 0. The largest absolute Gasteiger partial charge is 0.379 e. The summed E-state index contributed by atoms with van der Waals surface area (Å²) in [5, 5.41) is 5.32. The Kier molecular flexibility index (Phi) is 4.47. The van der Waals surface area contributed by atoms with Gasteiger partial charge in [-0.05, 0) is 6.92 Å². The first kappa shape index (κ1) is 12.5. The first-order valence-corrected chi connectivity index (χ1v) is 6.64. The van der Waals surface area contributed by atoms with Gasteiger partial charge >= 0.3 is 0 Å². The van der Waals surface area contributed by atoms with Gasteiger partial charge in [-0.3, -0.25) is 9.69 Å². The third-order valence-corrected chi connectivity index (χ3v) is 3.59. The van der Waals surface area contributed by atoms with Crippen LogP contribution in [0.5, 0.6) is 0 Å². The van der Waals surface area contributed by atoms with Gasteiger partial charge in [0.15, 0.2) is 5.01 Å². The Balaban J connectivity index is 1.69. The normalized spacial score (nSPS) is 17.0. The number of nitrogens with one attached hydrogen (secondary N) is 1. The molecule has 6 heteroatoms. The van der Waals surface area contributed by atoms with Crippen LogP contribution in [0.4, 0.5) is 0 Å². The number of rotatable bonds is 4. The molecule has 0 aromatic carbocycles. The van der Waals surface area contributed by atoms with Crippen LogP contribution >= 0.6 is 11.3 Å². The number of thiazole rings is 1. The molecule has 1 aliphatic rings. The summed E-state index contributed by atoms with van der Waals surface area (Å²) in [6.07, 6.45) is 0. The zero-order chi connectivity index (χ0) is 12.1. The number of amides is 1. The minimum Gasteiger partial charge on any atom is -0.379 e. The van der Waals surface area contributed by atoms with Crippen LogP contribution in [0, 0.1) is 6.92 Å². The molecular formula is C11H17N3O2S. The molecule has 1 N–H and O–H groups in total. The predicted molar refractivity (Wildman–Crippen MR) is 66.4 cm³/mol. The first-order valence-electron chi connectivity index (χ1n) is 5.76. The maximum atomic E-state index is 11.7. The second-order valence-electron chi connectivity index (χ2n) is 4.00. The van der Waals surface area contributed by atoms with Gasteiger partial charge in [0.05, 0.1) is 13.2 Å². The van der Waals surface area contributed by atoms with E-state index in [4.69, 9.17) is 4.74 Å². The lowest BCUT2D eigenvalue weighted by atomic mass is 10.4. The zero-order valence-corrected chi connectivity index (χ0v) is 10.8. The first-order chi connectivity index (χ1) is 8.25. The molecule has 1 amide bonds. The Labute approximate surface area is 105 Å². The molecule has 94 valence electrons. The number of hydrogen-bond donors (Lipinski definition) is 1. The maximum Gasteiger partial charge on any atom is 0.280 e. The quantitative estimate of drug-likeness (QED) is 0.852. The SMILES string of the molecule is Cc1csc(C(=O)NCCN2CCOCC2)n1. The molecule has 0 radical (unpaired) electrons. The highest BCUT2D eigenvalue weighted by atomic mass is 32.1. The van der Waals surface area contributed by atoms with Gasteiger partial charge in [-0.25, -0.2) is 4.98 Å². The van der Waals surface area contributed by atoms with Crippen molar-refractivity contribution >= 4 is 17.2 Å². The van der Waals surface area contributed by atoms with Gasteiger partial charge < -0.3 is 10.1 Å². The Morgan fingerprint density at radius 2 is 2.35 bits per heavy atom. The molecule has 2 heterocycles. The van der Waals surface area contributed by atoms with E-state index in [0.29, 0.717) is 11.6 Å². The number of hydrogen-bond acceptors (Lipinski definition) is 5. The summed E-state index contributed by atoms with van der Waals surface area (Å²) in [5.74, 6) is -0.0728. The second kappa shape index (κ2) is 6.09. The monoisotopic (exact) mass is 255 g/mol. The highest BCUT2D eigenvalue weighted by Crippen LogP contribution is 2.07. The van der Waals surface area contributed by atoms with Crippen LogP contribution in [0.2, 0.25) is 0 Å². The number of carbonyl (C=O) groups is 1. The van der Waals surface area contributed by atoms with Crippen molar-refractivity contribution in [3.63, 3.8) is 0 Å². The van der Waals surface area contributed by atoms with Gasteiger partial charge in [0.2, 0.25) is 0 Å². The highest BCUT2D eigenvalue weighted by Gasteiger charge is 2.12. The van der Waals surface area contributed by atoms with Crippen LogP contribution in [0.25, 0.3) is 0 Å². The van der Waals surface area contributed by atoms with Gasteiger partial charge in [0.25, 0.3) is 5.91 Å². The second-order valence-corrected chi connectivity index (χ2v) is 4.86. The van der Waals surface area contributed by atoms with Crippen LogP contribution in [-0.2, 0) is 4.74 Å². The molecule has 1 saturated heterocycles. The fraction of sp³-hybridized carbons (Fsp3) is 0.636. The molecule has 0 unspecified atom stereocenters. The van der Waals surface area contributed by atoms with E-state index in [9.17, 15) is 4.79 Å². The molecule has 0 spiro atoms. The average Bonchev–Trinajstić information content (AvgIpc) is 2.77. The number of aryl methyl sites for hydroxylation is 1. The zero-order valence-electron chi connectivity index (χ0n) is 9.94. The molecular weight excluding hydrogens is 238 g/mol. The van der Waals surface area contributed by atoms with E-state index in [1.54, 1.807) is 0 Å². The molecule has 0 saturated carbocycles. The molecule has 1 aromatic rings. The van der Waals surface area contributed by atoms with Crippen molar-refractivity contribution in [2.45, 2.75) is 6.92 Å². The van der Waals surface area contributed by atoms with E-state index in [1.807, 2.05) is 12.3 Å². The van der Waals surface area contributed by atoms with Crippen LogP contribution in [0.1, 0.15) is 15.5 Å². The maximum absolute atomic E-state index is 11.7. The Hall–Kier alpha value is -0.980. The highest BCUT2D eigenvalue weighted by molar-refractivity contribution is 7.11. The minimum absolute atomic E-state index is 0.0728. The van der Waals surface area contributed by atoms with Crippen molar-refractivity contribution in [2.75, 3.05) is 39.4 Å². The van der Waals surface area contributed by atoms with E-state index < -0.39 is 0 Å². The van der Waals surface area contributed by atoms with Crippen molar-refractivity contribution in [1.82, 2.24) is 15.2 Å². The third-order valence-electron chi connectivity index (χ3n) is 2.63. The summed E-state index contributed by atoms with van der Waals surface area (Å²) < 4.78 is 5.26. The molecule has 1 aliphatic heterocycles. The van der Waals surface area contributed by atoms with E-state index in [0.717, 1.165) is 38.5 Å². The van der Waals surface area contributed by atoms with Crippen molar-refractivity contribution in [3.8, 4) is 0 Å². The van der Waals surface area contributed by atoms with E-state index in [2.05, 4.69) is 15.2 Å². The molecule has 0 bridgehead atoms. The standard InChI is InChI=1S/C11H17N3O2S/c1-9-8-17-11(13-9)10(15)12-2-3-14-4-6-16-7-5-14/h8H,2-7H2,1H3,(H,12,15). The number of aromatic nitrogens is 1. The topological polar surface area (TPSA) is 54.5 Å². The Morgan fingerprint density at radius 3 is 3.00 bits per heavy atom. The van der Waals surface area contributed by atoms with Crippen molar-refractivity contribution in [2.24, 2.45) is 0 Å². The molecule has 5 nitrogen and oxygen atoms in total. The van der Waals surface area contributed by atoms with E-state index >= 15 is 0 Å². The number of nitrogens with zero attached hydrogens (tertiary/aromatic N) is 2. The summed E-state index contributed by atoms with van der Waals surface area (Å²) in [6.45, 7) is 6.91. The average molecular weight is 255 g/mol. The summed E-state index contributed by atoms with van der Waals surface area (Å²) in [5.41, 5.74) is 0.897. The van der Waals surface area contributed by atoms with Gasteiger partial charge in [0, 0.05) is 37.3 Å². The van der Waals surface area contributed by atoms with Gasteiger partial charge in [-0.1, -0.05) is 0 Å². The third kappa shape index (κ3) is 3.76. The lowest BCUT2D eigenvalue weighted by Crippen LogP contribution is -2.41. The summed E-state index contributed by atoms with van der Waals surface area (Å²) in [7, 11) is 0. The van der Waals surface area contributed by atoms with Crippen molar-refractivity contribution in [1.29, 1.82) is 0 Å². The molecule has 0 atom stereocenters. The van der Waals surface area contributed by atoms with E-state index in [-0.39, 0.29) is 5.91 Å². The van der Waals surface area contributed by atoms with Crippen LogP contribution in [0.3, 0.4) is 0 Å². The number of morpholine rings is 1. The lowest BCUT2D eigenvalue weighted by molar-refractivity contribution is 0.0383.